The van der Waals surface area contributed by atoms with E-state index in [1.807, 2.05) is 7.05 Å². The van der Waals surface area contributed by atoms with Crippen molar-refractivity contribution in [3.63, 3.8) is 0 Å². The van der Waals surface area contributed by atoms with E-state index in [0.29, 0.717) is 25.3 Å². The normalized spacial score (nSPS) is 25.2. The molecule has 3 aliphatic rings. The number of nitrogens with zero attached hydrogens (tertiary/aromatic N) is 2. The van der Waals surface area contributed by atoms with E-state index in [4.69, 9.17) is 9.47 Å². The van der Waals surface area contributed by atoms with Crippen LogP contribution in [0.4, 0.5) is 0 Å². The van der Waals surface area contributed by atoms with Gasteiger partial charge >= 0.3 is 0 Å². The summed E-state index contributed by atoms with van der Waals surface area (Å²) in [5.41, 5.74) is 0. The van der Waals surface area contributed by atoms with Gasteiger partial charge in [0.05, 0.1) is 18.8 Å². The van der Waals surface area contributed by atoms with Crippen LogP contribution in [-0.4, -0.2) is 75.4 Å². The van der Waals surface area contributed by atoms with Crippen molar-refractivity contribution in [1.82, 2.24) is 15.5 Å². The number of ether oxygens (including phenoxy) is 2. The quantitative estimate of drug-likeness (QED) is 0.401. The highest BCUT2D eigenvalue weighted by molar-refractivity contribution is 5.81. The molecule has 1 saturated carbocycles. The van der Waals surface area contributed by atoms with E-state index in [2.05, 4.69) is 20.5 Å². The number of hydrogen-bond acceptors (Lipinski definition) is 4. The fourth-order valence-corrected chi connectivity index (χ4v) is 3.60. The van der Waals surface area contributed by atoms with Gasteiger partial charge in [0.25, 0.3) is 0 Å². The van der Waals surface area contributed by atoms with Crippen LogP contribution < -0.4 is 10.6 Å². The van der Waals surface area contributed by atoms with Gasteiger partial charge in [-0.2, -0.15) is 0 Å². The predicted molar refractivity (Wildman–Crippen MR) is 101 cm³/mol. The number of amides is 1. The maximum absolute atomic E-state index is 11.6. The van der Waals surface area contributed by atoms with Crippen molar-refractivity contribution in [2.45, 2.75) is 57.2 Å². The van der Waals surface area contributed by atoms with Gasteiger partial charge < -0.3 is 25.0 Å². The molecule has 0 bridgehead atoms. The summed E-state index contributed by atoms with van der Waals surface area (Å²) in [4.78, 5) is 18.3. The summed E-state index contributed by atoms with van der Waals surface area (Å²) in [5.74, 6) is 1.38. The van der Waals surface area contributed by atoms with Crippen LogP contribution in [0.2, 0.25) is 0 Å². The minimum atomic E-state index is 0.196. The Morgan fingerprint density at radius 2 is 1.88 bits per heavy atom. The third kappa shape index (κ3) is 6.13. The number of aliphatic imine (C=N–C) groups is 1. The first-order valence-corrected chi connectivity index (χ1v) is 10.2. The van der Waals surface area contributed by atoms with Crippen LogP contribution in [0.15, 0.2) is 4.99 Å². The van der Waals surface area contributed by atoms with Crippen molar-refractivity contribution < 1.29 is 14.3 Å². The zero-order valence-corrected chi connectivity index (χ0v) is 16.0. The second-order valence-corrected chi connectivity index (χ2v) is 7.55. The Morgan fingerprint density at radius 1 is 1.12 bits per heavy atom. The Hall–Kier alpha value is -1.34. The first-order chi connectivity index (χ1) is 12.8. The van der Waals surface area contributed by atoms with Crippen molar-refractivity contribution in [3.05, 3.63) is 0 Å². The van der Waals surface area contributed by atoms with Gasteiger partial charge in [-0.25, -0.2) is 0 Å². The van der Waals surface area contributed by atoms with Gasteiger partial charge in [0.15, 0.2) is 5.96 Å². The number of nitrogens with one attached hydrogen (secondary N) is 2. The lowest BCUT2D eigenvalue weighted by Gasteiger charge is -2.35. The van der Waals surface area contributed by atoms with E-state index in [1.165, 1.54) is 12.8 Å². The third-order valence-electron chi connectivity index (χ3n) is 5.40. The van der Waals surface area contributed by atoms with Crippen LogP contribution in [-0.2, 0) is 14.3 Å². The average Bonchev–Trinajstić information content (AvgIpc) is 3.53. The highest BCUT2D eigenvalue weighted by Crippen LogP contribution is 2.28. The molecule has 1 unspecified atom stereocenters. The highest BCUT2D eigenvalue weighted by Gasteiger charge is 2.29. The van der Waals surface area contributed by atoms with Gasteiger partial charge in [-0.1, -0.05) is 0 Å². The number of piperidine rings is 1. The topological polar surface area (TPSA) is 75.2 Å². The molecule has 1 amide bonds. The largest absolute Gasteiger partial charge is 0.376 e. The molecule has 2 heterocycles. The van der Waals surface area contributed by atoms with Crippen LogP contribution in [0.3, 0.4) is 0 Å². The molecule has 0 aromatic rings. The van der Waals surface area contributed by atoms with Crippen molar-refractivity contribution in [2.24, 2.45) is 10.9 Å². The van der Waals surface area contributed by atoms with Gasteiger partial charge in [-0.3, -0.25) is 9.79 Å². The highest BCUT2D eigenvalue weighted by atomic mass is 16.5. The molecular formula is C19H34N4O3. The molecule has 7 heteroatoms. The molecule has 0 aromatic carbocycles. The number of hydrogen-bond donors (Lipinski definition) is 2. The van der Waals surface area contributed by atoms with Crippen molar-refractivity contribution in [3.8, 4) is 0 Å². The lowest BCUT2D eigenvalue weighted by molar-refractivity contribution is -0.122. The first kappa shape index (κ1) is 19.4. The van der Waals surface area contributed by atoms with Crippen molar-refractivity contribution in [2.75, 3.05) is 46.4 Å². The maximum atomic E-state index is 11.6. The molecule has 2 N–H and O–H groups in total. The van der Waals surface area contributed by atoms with E-state index in [9.17, 15) is 4.79 Å². The molecule has 0 spiro atoms. The molecule has 2 aliphatic heterocycles. The molecule has 0 aromatic heterocycles. The molecular weight excluding hydrogens is 332 g/mol. The maximum Gasteiger partial charge on any atom is 0.223 e. The van der Waals surface area contributed by atoms with Gasteiger partial charge in [0.2, 0.25) is 5.91 Å². The molecule has 1 atom stereocenters. The number of guanidine groups is 1. The molecule has 148 valence electrons. The lowest BCUT2D eigenvalue weighted by atomic mass is 10.1. The monoisotopic (exact) mass is 366 g/mol. The lowest BCUT2D eigenvalue weighted by Crippen LogP contribution is -2.48. The zero-order chi connectivity index (χ0) is 18.2. The molecule has 3 rings (SSSR count). The number of carbonyl (C=O) groups excluding carboxylic acids is 1. The van der Waals surface area contributed by atoms with Gasteiger partial charge in [-0.15, -0.1) is 0 Å². The zero-order valence-electron chi connectivity index (χ0n) is 16.0. The molecule has 26 heavy (non-hydrogen) atoms. The second-order valence-electron chi connectivity index (χ2n) is 7.55. The van der Waals surface area contributed by atoms with Crippen molar-refractivity contribution in [1.29, 1.82) is 0 Å². The molecule has 7 nitrogen and oxygen atoms in total. The third-order valence-corrected chi connectivity index (χ3v) is 5.40. The van der Waals surface area contributed by atoms with E-state index >= 15 is 0 Å². The van der Waals surface area contributed by atoms with Gasteiger partial charge in [0, 0.05) is 45.8 Å². The number of rotatable bonds is 7. The molecule has 1 aliphatic carbocycles. The summed E-state index contributed by atoms with van der Waals surface area (Å²) in [5, 5.41) is 6.33. The predicted octanol–water partition coefficient (Wildman–Crippen LogP) is 1.14. The molecule has 3 fully saturated rings. The van der Waals surface area contributed by atoms with Crippen molar-refractivity contribution >= 4 is 11.9 Å². The van der Waals surface area contributed by atoms with Crippen LogP contribution in [0.1, 0.15) is 44.9 Å². The first-order valence-electron chi connectivity index (χ1n) is 10.2. The number of likely N-dealkylation sites (tertiary alicyclic amines) is 1. The number of carbonyl (C=O) groups is 1. The Balaban J connectivity index is 1.28. The van der Waals surface area contributed by atoms with Crippen LogP contribution in [0.5, 0.6) is 0 Å². The fourth-order valence-electron chi connectivity index (χ4n) is 3.60. The summed E-state index contributed by atoms with van der Waals surface area (Å²) >= 11 is 0. The van der Waals surface area contributed by atoms with Crippen LogP contribution >= 0.6 is 0 Å². The van der Waals surface area contributed by atoms with E-state index < -0.39 is 0 Å². The van der Waals surface area contributed by atoms with E-state index in [1.54, 1.807) is 0 Å². The summed E-state index contributed by atoms with van der Waals surface area (Å²) in [6.07, 6.45) is 8.33. The van der Waals surface area contributed by atoms with Crippen LogP contribution in [0, 0.1) is 5.92 Å². The SMILES string of the molecule is CN=C(NCCNC(=O)C1CC1)N1CCC(OCC2CCCCO2)CC1. The summed E-state index contributed by atoms with van der Waals surface area (Å²) in [7, 11) is 1.81. The van der Waals surface area contributed by atoms with E-state index in [-0.39, 0.29) is 11.8 Å². The van der Waals surface area contributed by atoms with Crippen LogP contribution in [0.25, 0.3) is 0 Å². The molecule has 2 saturated heterocycles. The average molecular weight is 367 g/mol. The standard InChI is InChI=1S/C19H34N4O3/c1-20-19(22-10-9-21-18(24)15-5-6-15)23-11-7-16(8-12-23)26-14-17-4-2-3-13-25-17/h15-17H,2-14H2,1H3,(H,20,22)(H,21,24). The Morgan fingerprint density at radius 3 is 2.54 bits per heavy atom. The Bertz CT molecular complexity index is 467. The summed E-state index contributed by atoms with van der Waals surface area (Å²) < 4.78 is 11.8. The van der Waals surface area contributed by atoms with Gasteiger partial charge in [-0.05, 0) is 44.9 Å². The molecule has 0 radical (unpaired) electrons. The smallest absolute Gasteiger partial charge is 0.223 e. The minimum Gasteiger partial charge on any atom is -0.376 e. The Labute approximate surface area is 156 Å². The van der Waals surface area contributed by atoms with E-state index in [0.717, 1.165) is 64.4 Å². The van der Waals surface area contributed by atoms with Gasteiger partial charge in [0.1, 0.15) is 0 Å². The second kappa shape index (κ2) is 10.1. The summed E-state index contributed by atoms with van der Waals surface area (Å²) in [6.45, 7) is 4.87. The fraction of sp³-hybridized carbons (Fsp3) is 0.895. The minimum absolute atomic E-state index is 0.196. The summed E-state index contributed by atoms with van der Waals surface area (Å²) in [6, 6.07) is 0. The Kier molecular flexibility index (Phi) is 7.55.